The number of halogens is 1. The third-order valence-corrected chi connectivity index (χ3v) is 4.21. The Labute approximate surface area is 115 Å². The Morgan fingerprint density at radius 1 is 1.44 bits per heavy atom. The van der Waals surface area contributed by atoms with Gasteiger partial charge in [-0.15, -0.1) is 0 Å². The fourth-order valence-electron chi connectivity index (χ4n) is 2.51. The van der Waals surface area contributed by atoms with Crippen molar-refractivity contribution < 1.29 is 0 Å². The van der Waals surface area contributed by atoms with E-state index in [2.05, 4.69) is 28.9 Å². The Hall–Kier alpha value is -0.540. The van der Waals surface area contributed by atoms with Gasteiger partial charge in [-0.25, -0.2) is 0 Å². The zero-order valence-electron chi connectivity index (χ0n) is 11.7. The number of hydrogen-bond acceptors (Lipinski definition) is 2. The zero-order valence-corrected chi connectivity index (χ0v) is 12.4. The van der Waals surface area contributed by atoms with E-state index in [4.69, 9.17) is 11.6 Å². The van der Waals surface area contributed by atoms with Crippen molar-refractivity contribution in [2.75, 3.05) is 6.54 Å². The Bertz CT molecular complexity index is 396. The zero-order chi connectivity index (χ0) is 13.1. The maximum absolute atomic E-state index is 6.38. The van der Waals surface area contributed by atoms with Gasteiger partial charge in [-0.05, 0) is 45.6 Å². The SMILES string of the molecule is CCCNC(Cc1c(Cl)c(C)nn1CC)C1CC1. The van der Waals surface area contributed by atoms with Crippen LogP contribution in [0.5, 0.6) is 0 Å². The lowest BCUT2D eigenvalue weighted by Gasteiger charge is -2.18. The Morgan fingerprint density at radius 2 is 2.17 bits per heavy atom. The molecular formula is C14H24ClN3. The number of aromatic nitrogens is 2. The first-order valence-corrected chi connectivity index (χ1v) is 7.50. The summed E-state index contributed by atoms with van der Waals surface area (Å²) in [6, 6.07) is 0.573. The minimum Gasteiger partial charge on any atom is -0.313 e. The maximum Gasteiger partial charge on any atom is 0.0847 e. The molecule has 0 amide bonds. The fraction of sp³-hybridized carbons (Fsp3) is 0.786. The summed E-state index contributed by atoms with van der Waals surface area (Å²) in [5, 5.41) is 9.03. The lowest BCUT2D eigenvalue weighted by atomic mass is 10.1. The van der Waals surface area contributed by atoms with Crippen LogP contribution in [0.25, 0.3) is 0 Å². The molecule has 1 heterocycles. The van der Waals surface area contributed by atoms with E-state index < -0.39 is 0 Å². The number of rotatable bonds is 7. The highest BCUT2D eigenvalue weighted by Crippen LogP contribution is 2.35. The van der Waals surface area contributed by atoms with Crippen molar-refractivity contribution in [2.24, 2.45) is 5.92 Å². The van der Waals surface area contributed by atoms with Crippen LogP contribution in [0.4, 0.5) is 0 Å². The first kappa shape index (κ1) is 13.9. The van der Waals surface area contributed by atoms with Gasteiger partial charge < -0.3 is 5.32 Å². The summed E-state index contributed by atoms with van der Waals surface area (Å²) in [5.41, 5.74) is 2.16. The van der Waals surface area contributed by atoms with Crippen LogP contribution < -0.4 is 5.32 Å². The lowest BCUT2D eigenvalue weighted by Crippen LogP contribution is -2.34. The summed E-state index contributed by atoms with van der Waals surface area (Å²) in [4.78, 5) is 0. The van der Waals surface area contributed by atoms with Gasteiger partial charge in [-0.2, -0.15) is 5.10 Å². The van der Waals surface area contributed by atoms with Crippen molar-refractivity contribution in [1.82, 2.24) is 15.1 Å². The van der Waals surface area contributed by atoms with Crippen LogP contribution in [0.15, 0.2) is 0 Å². The molecule has 0 spiro atoms. The van der Waals surface area contributed by atoms with E-state index in [-0.39, 0.29) is 0 Å². The number of hydrogen-bond donors (Lipinski definition) is 1. The molecule has 2 rings (SSSR count). The summed E-state index contributed by atoms with van der Waals surface area (Å²) in [6.45, 7) is 8.32. The van der Waals surface area contributed by atoms with E-state index in [1.165, 1.54) is 25.0 Å². The molecule has 1 unspecified atom stereocenters. The van der Waals surface area contributed by atoms with Crippen molar-refractivity contribution >= 4 is 11.6 Å². The largest absolute Gasteiger partial charge is 0.313 e. The van der Waals surface area contributed by atoms with Crippen LogP contribution in [0.3, 0.4) is 0 Å². The summed E-state index contributed by atoms with van der Waals surface area (Å²) < 4.78 is 2.06. The van der Waals surface area contributed by atoms with Gasteiger partial charge in [-0.1, -0.05) is 18.5 Å². The minimum absolute atomic E-state index is 0.573. The van der Waals surface area contributed by atoms with Gasteiger partial charge in [0.25, 0.3) is 0 Å². The van der Waals surface area contributed by atoms with Crippen LogP contribution in [0.2, 0.25) is 5.02 Å². The minimum atomic E-state index is 0.573. The molecule has 0 saturated heterocycles. The summed E-state index contributed by atoms with van der Waals surface area (Å²) >= 11 is 6.38. The van der Waals surface area contributed by atoms with Crippen LogP contribution in [0.1, 0.15) is 44.5 Å². The van der Waals surface area contributed by atoms with E-state index in [9.17, 15) is 0 Å². The predicted octanol–water partition coefficient (Wildman–Crippen LogP) is 3.19. The molecule has 3 nitrogen and oxygen atoms in total. The quantitative estimate of drug-likeness (QED) is 0.824. The van der Waals surface area contributed by atoms with E-state index >= 15 is 0 Å². The average molecular weight is 270 g/mol. The second-order valence-corrected chi connectivity index (χ2v) is 5.64. The molecule has 1 saturated carbocycles. The van der Waals surface area contributed by atoms with Crippen molar-refractivity contribution in [3.63, 3.8) is 0 Å². The molecule has 0 aliphatic heterocycles. The molecule has 1 aromatic rings. The van der Waals surface area contributed by atoms with E-state index in [1.54, 1.807) is 0 Å². The molecule has 1 aliphatic carbocycles. The standard InChI is InChI=1S/C14H24ClN3/c1-4-8-16-12(11-6-7-11)9-13-14(15)10(3)17-18(13)5-2/h11-12,16H,4-9H2,1-3H3. The molecule has 0 bridgehead atoms. The highest BCUT2D eigenvalue weighted by molar-refractivity contribution is 6.31. The highest BCUT2D eigenvalue weighted by atomic mass is 35.5. The Morgan fingerprint density at radius 3 is 2.72 bits per heavy atom. The van der Waals surface area contributed by atoms with Crippen LogP contribution >= 0.6 is 11.6 Å². The maximum atomic E-state index is 6.38. The van der Waals surface area contributed by atoms with E-state index in [0.29, 0.717) is 6.04 Å². The topological polar surface area (TPSA) is 29.9 Å². The number of nitrogens with zero attached hydrogens (tertiary/aromatic N) is 2. The Balaban J connectivity index is 2.10. The second kappa shape index (κ2) is 6.07. The van der Waals surface area contributed by atoms with Crippen LogP contribution in [-0.4, -0.2) is 22.4 Å². The van der Waals surface area contributed by atoms with Gasteiger partial charge in [-0.3, -0.25) is 4.68 Å². The fourth-order valence-corrected chi connectivity index (χ4v) is 2.72. The molecular weight excluding hydrogens is 246 g/mol. The molecule has 0 radical (unpaired) electrons. The second-order valence-electron chi connectivity index (χ2n) is 5.26. The normalized spacial score (nSPS) is 17.1. The van der Waals surface area contributed by atoms with Gasteiger partial charge in [0.1, 0.15) is 0 Å². The van der Waals surface area contributed by atoms with Gasteiger partial charge in [0.2, 0.25) is 0 Å². The van der Waals surface area contributed by atoms with Crippen molar-refractivity contribution in [3.05, 3.63) is 16.4 Å². The summed E-state index contributed by atoms with van der Waals surface area (Å²) in [5.74, 6) is 0.841. The number of nitrogens with one attached hydrogen (secondary N) is 1. The van der Waals surface area contributed by atoms with Gasteiger partial charge in [0, 0.05) is 19.0 Å². The average Bonchev–Trinajstić information content (AvgIpc) is 3.16. The van der Waals surface area contributed by atoms with Crippen LogP contribution in [-0.2, 0) is 13.0 Å². The van der Waals surface area contributed by atoms with Gasteiger partial charge >= 0.3 is 0 Å². The molecule has 1 atom stereocenters. The van der Waals surface area contributed by atoms with E-state index in [1.807, 2.05) is 6.92 Å². The molecule has 0 aromatic carbocycles. The monoisotopic (exact) mass is 269 g/mol. The first-order valence-electron chi connectivity index (χ1n) is 7.12. The molecule has 1 aromatic heterocycles. The lowest BCUT2D eigenvalue weighted by molar-refractivity contribution is 0.444. The third-order valence-electron chi connectivity index (χ3n) is 3.71. The smallest absolute Gasteiger partial charge is 0.0847 e. The molecule has 1 fully saturated rings. The third kappa shape index (κ3) is 3.07. The van der Waals surface area contributed by atoms with Crippen molar-refractivity contribution in [1.29, 1.82) is 0 Å². The van der Waals surface area contributed by atoms with Gasteiger partial charge in [0.15, 0.2) is 0 Å². The molecule has 102 valence electrons. The molecule has 1 aliphatic rings. The summed E-state index contributed by atoms with van der Waals surface area (Å²) in [7, 11) is 0. The first-order chi connectivity index (χ1) is 8.67. The summed E-state index contributed by atoms with van der Waals surface area (Å²) in [6.07, 6.45) is 4.91. The molecule has 4 heteroatoms. The van der Waals surface area contributed by atoms with Crippen molar-refractivity contribution in [2.45, 2.75) is 59.0 Å². The number of aryl methyl sites for hydroxylation is 2. The van der Waals surface area contributed by atoms with Crippen molar-refractivity contribution in [3.8, 4) is 0 Å². The Kier molecular flexibility index (Phi) is 4.68. The predicted molar refractivity (Wildman–Crippen MR) is 76.2 cm³/mol. The van der Waals surface area contributed by atoms with Gasteiger partial charge in [0.05, 0.1) is 16.4 Å². The van der Waals surface area contributed by atoms with Crippen LogP contribution in [0, 0.1) is 12.8 Å². The van der Waals surface area contributed by atoms with E-state index in [0.717, 1.165) is 36.1 Å². The molecule has 18 heavy (non-hydrogen) atoms. The highest BCUT2D eigenvalue weighted by Gasteiger charge is 2.32. The molecule has 1 N–H and O–H groups in total.